The van der Waals surface area contributed by atoms with E-state index >= 15 is 0 Å². The number of pyridine rings is 1. The largest absolute Gasteiger partial charge is 0.276 e. The average molecular weight is 326 g/mol. The van der Waals surface area contributed by atoms with Gasteiger partial charge in [-0.05, 0) is 29.8 Å². The third-order valence-electron chi connectivity index (χ3n) is 3.00. The minimum atomic E-state index is -3.66. The Morgan fingerprint density at radius 3 is 2.57 bits per heavy atom. The molecule has 2 heterocycles. The number of sulfonamides is 1. The maximum atomic E-state index is 12.2. The standard InChI is InChI=1S/C16H14N4O2S/c21-23(22,13-9-14-6-2-1-3-7-14)19-15-8-4-10-17-16(15)20-12-5-11-18-20/h1-13,19H/b13-9+. The zero-order chi connectivity index (χ0) is 16.1. The van der Waals surface area contributed by atoms with E-state index in [9.17, 15) is 8.42 Å². The summed E-state index contributed by atoms with van der Waals surface area (Å²) in [6.45, 7) is 0. The highest BCUT2D eigenvalue weighted by molar-refractivity contribution is 7.95. The lowest BCUT2D eigenvalue weighted by atomic mass is 10.2. The third kappa shape index (κ3) is 3.83. The molecule has 3 aromatic rings. The predicted molar refractivity (Wildman–Crippen MR) is 89.4 cm³/mol. The van der Waals surface area contributed by atoms with Gasteiger partial charge in [0.2, 0.25) is 0 Å². The van der Waals surface area contributed by atoms with Crippen molar-refractivity contribution in [1.29, 1.82) is 0 Å². The van der Waals surface area contributed by atoms with Gasteiger partial charge < -0.3 is 0 Å². The SMILES string of the molecule is O=S(=O)(/C=C/c1ccccc1)Nc1cccnc1-n1cccn1. The minimum absolute atomic E-state index is 0.355. The molecule has 6 nitrogen and oxygen atoms in total. The number of hydrogen-bond acceptors (Lipinski definition) is 4. The molecular weight excluding hydrogens is 312 g/mol. The molecule has 116 valence electrons. The van der Waals surface area contributed by atoms with E-state index in [0.29, 0.717) is 11.5 Å². The van der Waals surface area contributed by atoms with E-state index in [2.05, 4.69) is 14.8 Å². The molecule has 0 aliphatic rings. The molecule has 0 saturated heterocycles. The Morgan fingerprint density at radius 1 is 1.00 bits per heavy atom. The Kier molecular flexibility index (Phi) is 4.20. The van der Waals surface area contributed by atoms with Crippen LogP contribution in [0.3, 0.4) is 0 Å². The molecule has 0 aliphatic carbocycles. The van der Waals surface area contributed by atoms with Crippen LogP contribution in [0.4, 0.5) is 5.69 Å². The average Bonchev–Trinajstić information content (AvgIpc) is 3.09. The van der Waals surface area contributed by atoms with Gasteiger partial charge in [-0.15, -0.1) is 0 Å². The van der Waals surface area contributed by atoms with Crippen LogP contribution in [-0.2, 0) is 10.0 Å². The number of anilines is 1. The zero-order valence-corrected chi connectivity index (χ0v) is 12.9. The van der Waals surface area contributed by atoms with E-state index in [4.69, 9.17) is 0 Å². The lowest BCUT2D eigenvalue weighted by Crippen LogP contribution is -2.12. The van der Waals surface area contributed by atoms with E-state index < -0.39 is 10.0 Å². The number of nitrogens with zero attached hydrogens (tertiary/aromatic N) is 3. The number of nitrogens with one attached hydrogen (secondary N) is 1. The lowest BCUT2D eigenvalue weighted by molar-refractivity contribution is 0.609. The molecular formula is C16H14N4O2S. The fourth-order valence-electron chi connectivity index (χ4n) is 1.97. The molecule has 0 atom stereocenters. The Balaban J connectivity index is 1.86. The summed E-state index contributed by atoms with van der Waals surface area (Å²) in [5.41, 5.74) is 1.16. The Bertz CT molecular complexity index is 904. The summed E-state index contributed by atoms with van der Waals surface area (Å²) in [6.07, 6.45) is 6.41. The summed E-state index contributed by atoms with van der Waals surface area (Å²) in [4.78, 5) is 4.17. The second-order valence-electron chi connectivity index (χ2n) is 4.69. The summed E-state index contributed by atoms with van der Waals surface area (Å²) < 4.78 is 28.5. The molecule has 7 heteroatoms. The van der Waals surface area contributed by atoms with Crippen LogP contribution < -0.4 is 4.72 Å². The van der Waals surface area contributed by atoms with Gasteiger partial charge in [-0.2, -0.15) is 5.10 Å². The fraction of sp³-hybridized carbons (Fsp3) is 0. The van der Waals surface area contributed by atoms with Crippen molar-refractivity contribution in [3.63, 3.8) is 0 Å². The quantitative estimate of drug-likeness (QED) is 0.782. The van der Waals surface area contributed by atoms with Crippen molar-refractivity contribution in [2.75, 3.05) is 4.72 Å². The van der Waals surface area contributed by atoms with Gasteiger partial charge in [0.05, 0.1) is 11.1 Å². The molecule has 3 rings (SSSR count). The van der Waals surface area contributed by atoms with Crippen LogP contribution in [0.5, 0.6) is 0 Å². The molecule has 0 spiro atoms. The van der Waals surface area contributed by atoms with Crippen molar-refractivity contribution in [3.05, 3.63) is 78.1 Å². The predicted octanol–water partition coefficient (Wildman–Crippen LogP) is 2.68. The summed E-state index contributed by atoms with van der Waals surface area (Å²) in [5, 5.41) is 5.20. The second-order valence-corrected chi connectivity index (χ2v) is 6.25. The molecule has 2 aromatic heterocycles. The lowest BCUT2D eigenvalue weighted by Gasteiger charge is -2.09. The van der Waals surface area contributed by atoms with E-state index in [1.165, 1.54) is 10.8 Å². The summed E-state index contributed by atoms with van der Waals surface area (Å²) in [5.74, 6) is 0.411. The minimum Gasteiger partial charge on any atom is -0.276 e. The maximum Gasteiger partial charge on any atom is 0.255 e. The van der Waals surface area contributed by atoms with Crippen LogP contribution in [0, 0.1) is 0 Å². The van der Waals surface area contributed by atoms with E-state index in [1.807, 2.05) is 30.3 Å². The van der Waals surface area contributed by atoms with Crippen LogP contribution in [0.25, 0.3) is 11.9 Å². The molecule has 0 aliphatic heterocycles. The van der Waals surface area contributed by atoms with E-state index in [1.54, 1.807) is 36.8 Å². The number of hydrogen-bond donors (Lipinski definition) is 1. The number of rotatable bonds is 5. The first-order chi connectivity index (χ1) is 11.1. The van der Waals surface area contributed by atoms with Crippen molar-refractivity contribution in [3.8, 4) is 5.82 Å². The molecule has 0 unspecified atom stereocenters. The van der Waals surface area contributed by atoms with E-state index in [0.717, 1.165) is 11.0 Å². The van der Waals surface area contributed by atoms with Crippen molar-refractivity contribution >= 4 is 21.8 Å². The summed E-state index contributed by atoms with van der Waals surface area (Å²) >= 11 is 0. The second kappa shape index (κ2) is 6.45. The highest BCUT2D eigenvalue weighted by Crippen LogP contribution is 2.18. The molecule has 1 N–H and O–H groups in total. The molecule has 0 amide bonds. The Hall–Kier alpha value is -2.93. The van der Waals surface area contributed by atoms with Gasteiger partial charge in [0, 0.05) is 18.6 Å². The van der Waals surface area contributed by atoms with E-state index in [-0.39, 0.29) is 0 Å². The van der Waals surface area contributed by atoms with Gasteiger partial charge in [0.15, 0.2) is 5.82 Å². The molecule has 0 radical (unpaired) electrons. The Labute approximate surface area is 134 Å². The number of aromatic nitrogens is 3. The van der Waals surface area contributed by atoms with Crippen LogP contribution in [-0.4, -0.2) is 23.2 Å². The topological polar surface area (TPSA) is 76.9 Å². The number of benzene rings is 1. The third-order valence-corrected chi connectivity index (χ3v) is 4.00. The monoisotopic (exact) mass is 326 g/mol. The van der Waals surface area contributed by atoms with Crippen LogP contribution >= 0.6 is 0 Å². The fourth-order valence-corrected chi connectivity index (χ4v) is 2.84. The molecule has 0 fully saturated rings. The zero-order valence-electron chi connectivity index (χ0n) is 12.1. The van der Waals surface area contributed by atoms with Crippen LogP contribution in [0.2, 0.25) is 0 Å². The van der Waals surface area contributed by atoms with Crippen molar-refractivity contribution in [2.45, 2.75) is 0 Å². The van der Waals surface area contributed by atoms with Gasteiger partial charge in [-0.25, -0.2) is 18.1 Å². The normalized spacial score (nSPS) is 11.7. The van der Waals surface area contributed by atoms with Gasteiger partial charge in [-0.1, -0.05) is 30.3 Å². The van der Waals surface area contributed by atoms with Crippen LogP contribution in [0.1, 0.15) is 5.56 Å². The molecule has 1 aromatic carbocycles. The van der Waals surface area contributed by atoms with Gasteiger partial charge in [-0.3, -0.25) is 4.72 Å². The van der Waals surface area contributed by atoms with Gasteiger partial charge in [0.1, 0.15) is 0 Å². The molecule has 0 bridgehead atoms. The molecule has 0 saturated carbocycles. The first kappa shape index (κ1) is 15.0. The highest BCUT2D eigenvalue weighted by atomic mass is 32.2. The first-order valence-corrected chi connectivity index (χ1v) is 8.40. The van der Waals surface area contributed by atoms with Crippen molar-refractivity contribution < 1.29 is 8.42 Å². The Morgan fingerprint density at radius 2 is 1.83 bits per heavy atom. The van der Waals surface area contributed by atoms with Crippen molar-refractivity contribution in [2.24, 2.45) is 0 Å². The van der Waals surface area contributed by atoms with Crippen LogP contribution in [0.15, 0.2) is 72.5 Å². The maximum absolute atomic E-state index is 12.2. The van der Waals surface area contributed by atoms with Gasteiger partial charge >= 0.3 is 0 Å². The summed E-state index contributed by atoms with van der Waals surface area (Å²) in [7, 11) is -3.66. The molecule has 23 heavy (non-hydrogen) atoms. The smallest absolute Gasteiger partial charge is 0.255 e. The van der Waals surface area contributed by atoms with Crippen molar-refractivity contribution in [1.82, 2.24) is 14.8 Å². The first-order valence-electron chi connectivity index (χ1n) is 6.85. The van der Waals surface area contributed by atoms with Gasteiger partial charge in [0.25, 0.3) is 10.0 Å². The highest BCUT2D eigenvalue weighted by Gasteiger charge is 2.11. The summed E-state index contributed by atoms with van der Waals surface area (Å²) in [6, 6.07) is 14.2.